The summed E-state index contributed by atoms with van der Waals surface area (Å²) in [5, 5.41) is 4.29. The van der Waals surface area contributed by atoms with E-state index in [1.165, 1.54) is 55.9 Å². The zero-order chi connectivity index (χ0) is 14.9. The van der Waals surface area contributed by atoms with E-state index in [0.29, 0.717) is 6.04 Å². The van der Waals surface area contributed by atoms with E-state index in [1.54, 1.807) is 0 Å². The molecule has 1 fully saturated rings. The van der Waals surface area contributed by atoms with Crippen LogP contribution in [0, 0.1) is 6.92 Å². The molecule has 5 nitrogen and oxygen atoms in total. The van der Waals surface area contributed by atoms with E-state index in [0.717, 1.165) is 19.6 Å². The van der Waals surface area contributed by atoms with E-state index in [9.17, 15) is 0 Å². The van der Waals surface area contributed by atoms with Gasteiger partial charge in [-0.05, 0) is 45.1 Å². The highest BCUT2D eigenvalue weighted by Crippen LogP contribution is 2.30. The third-order valence-corrected chi connectivity index (χ3v) is 5.16. The molecule has 2 aromatic heterocycles. The highest BCUT2D eigenvalue weighted by atomic mass is 15.3. The monoisotopic (exact) mass is 299 g/mol. The van der Waals surface area contributed by atoms with Crippen LogP contribution in [0.3, 0.4) is 0 Å². The van der Waals surface area contributed by atoms with Crippen LogP contribution in [0.2, 0.25) is 0 Å². The summed E-state index contributed by atoms with van der Waals surface area (Å²) in [6.45, 7) is 6.61. The second-order valence-corrected chi connectivity index (χ2v) is 6.64. The molecule has 1 unspecified atom stereocenters. The van der Waals surface area contributed by atoms with Crippen LogP contribution in [-0.4, -0.2) is 43.9 Å². The average Bonchev–Trinajstić information content (AvgIpc) is 3.24. The molecule has 1 aliphatic carbocycles. The first-order valence-electron chi connectivity index (χ1n) is 8.57. The zero-order valence-electron chi connectivity index (χ0n) is 13.4. The van der Waals surface area contributed by atoms with Gasteiger partial charge in [-0.15, -0.1) is 0 Å². The zero-order valence-corrected chi connectivity index (χ0v) is 13.4. The van der Waals surface area contributed by atoms with Crippen LogP contribution < -0.4 is 0 Å². The fourth-order valence-electron chi connectivity index (χ4n) is 4.09. The Morgan fingerprint density at radius 3 is 3.00 bits per heavy atom. The third kappa shape index (κ3) is 2.58. The summed E-state index contributed by atoms with van der Waals surface area (Å²) in [5.74, 6) is 1.23. The molecule has 4 rings (SSSR count). The van der Waals surface area contributed by atoms with Crippen LogP contribution in [-0.2, 0) is 19.4 Å². The van der Waals surface area contributed by atoms with Crippen molar-refractivity contribution in [1.82, 2.24) is 24.2 Å². The fraction of sp³-hybridized carbons (Fsp3) is 0.647. The summed E-state index contributed by atoms with van der Waals surface area (Å²) in [4.78, 5) is 7.41. The van der Waals surface area contributed by atoms with Crippen LogP contribution in [0.5, 0.6) is 0 Å². The molecule has 0 N–H and O–H groups in total. The Bertz CT molecular complexity index is 628. The van der Waals surface area contributed by atoms with Crippen molar-refractivity contribution in [2.75, 3.05) is 19.6 Å². The van der Waals surface area contributed by atoms with E-state index in [4.69, 9.17) is 4.98 Å². The number of likely N-dealkylation sites (tertiary alicyclic amines) is 1. The molecule has 0 radical (unpaired) electrons. The molecule has 0 saturated carbocycles. The first-order valence-corrected chi connectivity index (χ1v) is 8.57. The van der Waals surface area contributed by atoms with Gasteiger partial charge in [0.1, 0.15) is 5.82 Å². The van der Waals surface area contributed by atoms with Crippen LogP contribution in [0.1, 0.15) is 42.5 Å². The lowest BCUT2D eigenvalue weighted by molar-refractivity contribution is 0.301. The predicted octanol–water partition coefficient (Wildman–Crippen LogP) is 2.21. The molecule has 118 valence electrons. The van der Waals surface area contributed by atoms with Crippen molar-refractivity contribution in [1.29, 1.82) is 0 Å². The van der Waals surface area contributed by atoms with Crippen LogP contribution in [0.4, 0.5) is 0 Å². The number of aryl methyl sites for hydroxylation is 2. The van der Waals surface area contributed by atoms with Gasteiger partial charge in [0.15, 0.2) is 0 Å². The molecule has 2 aliphatic rings. The summed E-state index contributed by atoms with van der Waals surface area (Å²) < 4.78 is 4.58. The first kappa shape index (κ1) is 14.0. The average molecular weight is 299 g/mol. The number of hydrogen-bond donors (Lipinski definition) is 0. The number of rotatable bonds is 4. The van der Waals surface area contributed by atoms with Crippen molar-refractivity contribution in [3.05, 3.63) is 35.7 Å². The largest absolute Gasteiger partial charge is 0.328 e. The quantitative estimate of drug-likeness (QED) is 0.869. The third-order valence-electron chi connectivity index (χ3n) is 5.16. The molecule has 0 spiro atoms. The second-order valence-electron chi connectivity index (χ2n) is 6.64. The molecule has 1 saturated heterocycles. The van der Waals surface area contributed by atoms with Crippen molar-refractivity contribution in [2.24, 2.45) is 0 Å². The molecule has 22 heavy (non-hydrogen) atoms. The number of aromatic nitrogens is 4. The highest BCUT2D eigenvalue weighted by molar-refractivity contribution is 5.21. The minimum Gasteiger partial charge on any atom is -0.328 e. The maximum absolute atomic E-state index is 4.84. The summed E-state index contributed by atoms with van der Waals surface area (Å²) in [6, 6.07) is 2.61. The minimum atomic E-state index is 0.618. The van der Waals surface area contributed by atoms with E-state index in [2.05, 4.69) is 21.5 Å². The first-order chi connectivity index (χ1) is 10.8. The summed E-state index contributed by atoms with van der Waals surface area (Å²) in [7, 11) is 0. The minimum absolute atomic E-state index is 0.618. The van der Waals surface area contributed by atoms with Crippen LogP contribution >= 0.6 is 0 Å². The van der Waals surface area contributed by atoms with Gasteiger partial charge in [-0.2, -0.15) is 5.10 Å². The Kier molecular flexibility index (Phi) is 3.74. The van der Waals surface area contributed by atoms with Gasteiger partial charge in [-0.25, -0.2) is 4.98 Å². The summed E-state index contributed by atoms with van der Waals surface area (Å²) in [5.41, 5.74) is 2.90. The molecular weight excluding hydrogens is 274 g/mol. The lowest BCUT2D eigenvalue weighted by atomic mass is 10.0. The second kappa shape index (κ2) is 5.88. The van der Waals surface area contributed by atoms with Crippen molar-refractivity contribution in [3.63, 3.8) is 0 Å². The molecule has 0 aromatic carbocycles. The van der Waals surface area contributed by atoms with Gasteiger partial charge in [0, 0.05) is 43.8 Å². The summed E-state index contributed by atoms with van der Waals surface area (Å²) >= 11 is 0. The van der Waals surface area contributed by atoms with Gasteiger partial charge >= 0.3 is 0 Å². The van der Waals surface area contributed by atoms with E-state index in [-0.39, 0.29) is 0 Å². The predicted molar refractivity (Wildman–Crippen MR) is 85.9 cm³/mol. The van der Waals surface area contributed by atoms with Gasteiger partial charge in [0.25, 0.3) is 0 Å². The molecule has 1 atom stereocenters. The lowest BCUT2D eigenvalue weighted by Crippen LogP contribution is -2.26. The van der Waals surface area contributed by atoms with E-state index < -0.39 is 0 Å². The normalized spacial score (nSPS) is 22.1. The lowest BCUT2D eigenvalue weighted by Gasteiger charge is -2.21. The SMILES string of the molecule is Cc1nc2c(n1C1CCN(CCn3cccn3)C1)CCCC2. The number of nitrogens with zero attached hydrogens (tertiary/aromatic N) is 5. The molecule has 5 heteroatoms. The van der Waals surface area contributed by atoms with Crippen LogP contribution in [0.15, 0.2) is 18.5 Å². The maximum atomic E-state index is 4.84. The van der Waals surface area contributed by atoms with Crippen molar-refractivity contribution >= 4 is 0 Å². The number of fused-ring (bicyclic) bond motifs is 1. The molecule has 3 heterocycles. The van der Waals surface area contributed by atoms with Gasteiger partial charge in [0.2, 0.25) is 0 Å². The van der Waals surface area contributed by atoms with E-state index in [1.807, 2.05) is 23.1 Å². The molecule has 0 amide bonds. The maximum Gasteiger partial charge on any atom is 0.106 e. The Morgan fingerprint density at radius 1 is 1.23 bits per heavy atom. The smallest absolute Gasteiger partial charge is 0.106 e. The fourth-order valence-corrected chi connectivity index (χ4v) is 4.09. The highest BCUT2D eigenvalue weighted by Gasteiger charge is 2.28. The molecular formula is C17H25N5. The van der Waals surface area contributed by atoms with Crippen LogP contribution in [0.25, 0.3) is 0 Å². The number of hydrogen-bond acceptors (Lipinski definition) is 3. The Morgan fingerprint density at radius 2 is 2.14 bits per heavy atom. The Labute approximate surface area is 131 Å². The van der Waals surface area contributed by atoms with Crippen molar-refractivity contribution in [3.8, 4) is 0 Å². The Balaban J connectivity index is 1.43. The van der Waals surface area contributed by atoms with Crippen molar-refractivity contribution < 1.29 is 0 Å². The van der Waals surface area contributed by atoms with Gasteiger partial charge < -0.3 is 4.57 Å². The standard InChI is InChI=1S/C17H25N5/c1-14-19-16-5-2-3-6-17(16)22(14)15-7-10-20(13-15)11-12-21-9-4-8-18-21/h4,8-9,15H,2-3,5-7,10-13H2,1H3. The molecule has 0 bridgehead atoms. The van der Waals surface area contributed by atoms with Crippen molar-refractivity contribution in [2.45, 2.75) is 51.6 Å². The topological polar surface area (TPSA) is 38.9 Å². The van der Waals surface area contributed by atoms with Gasteiger partial charge in [-0.1, -0.05) is 0 Å². The molecule has 1 aliphatic heterocycles. The van der Waals surface area contributed by atoms with Gasteiger partial charge in [-0.3, -0.25) is 9.58 Å². The Hall–Kier alpha value is -1.62. The van der Waals surface area contributed by atoms with E-state index >= 15 is 0 Å². The number of imidazole rings is 1. The molecule has 2 aromatic rings. The summed E-state index contributed by atoms with van der Waals surface area (Å²) in [6.07, 6.45) is 10.2. The van der Waals surface area contributed by atoms with Gasteiger partial charge in [0.05, 0.1) is 12.2 Å².